The molecule has 0 fully saturated rings. The van der Waals surface area contributed by atoms with E-state index in [4.69, 9.17) is 19.3 Å². The van der Waals surface area contributed by atoms with E-state index in [2.05, 4.69) is 4.98 Å². The van der Waals surface area contributed by atoms with Gasteiger partial charge >= 0.3 is 5.97 Å². The van der Waals surface area contributed by atoms with E-state index in [9.17, 15) is 4.79 Å². The molecule has 2 heterocycles. The van der Waals surface area contributed by atoms with Crippen LogP contribution in [-0.4, -0.2) is 22.9 Å². The second-order valence-corrected chi connectivity index (χ2v) is 4.26. The van der Waals surface area contributed by atoms with E-state index in [0.717, 1.165) is 11.3 Å². The molecule has 0 bridgehead atoms. The Morgan fingerprint density at radius 3 is 3.06 bits per heavy atom. The van der Waals surface area contributed by atoms with Crippen molar-refractivity contribution in [2.75, 3.05) is 6.79 Å². The summed E-state index contributed by atoms with van der Waals surface area (Å²) < 4.78 is 15.8. The van der Waals surface area contributed by atoms with Crippen LogP contribution in [0, 0.1) is 0 Å². The summed E-state index contributed by atoms with van der Waals surface area (Å²) in [5.41, 5.74) is 1.42. The Balaban J connectivity index is 1.88. The minimum atomic E-state index is -1.06. The van der Waals surface area contributed by atoms with Crippen LogP contribution < -0.4 is 14.2 Å². The summed E-state index contributed by atoms with van der Waals surface area (Å²) in [6, 6.07) is 5.00. The lowest BCUT2D eigenvalue weighted by atomic mass is 10.3. The van der Waals surface area contributed by atoms with Gasteiger partial charge in [-0.25, -0.2) is 9.78 Å². The zero-order valence-corrected chi connectivity index (χ0v) is 9.77. The zero-order valence-electron chi connectivity index (χ0n) is 8.95. The second kappa shape index (κ2) is 4.19. The molecule has 1 aromatic heterocycles. The highest BCUT2D eigenvalue weighted by Gasteiger charge is 2.18. The van der Waals surface area contributed by atoms with Crippen molar-refractivity contribution in [2.24, 2.45) is 0 Å². The van der Waals surface area contributed by atoms with E-state index in [1.54, 1.807) is 18.2 Å². The normalized spacial score (nSPS) is 12.4. The first-order chi connectivity index (χ1) is 8.74. The SMILES string of the molecule is O=C(O)c1scnc1Oc1ccc2c(c1)OCO2. The van der Waals surface area contributed by atoms with Gasteiger partial charge in [0, 0.05) is 6.07 Å². The van der Waals surface area contributed by atoms with Gasteiger partial charge in [0.2, 0.25) is 12.7 Å². The molecule has 0 saturated heterocycles. The minimum absolute atomic E-state index is 0.0627. The van der Waals surface area contributed by atoms with Gasteiger partial charge in [0.1, 0.15) is 5.75 Å². The molecular weight excluding hydrogens is 258 g/mol. The number of rotatable bonds is 3. The van der Waals surface area contributed by atoms with E-state index < -0.39 is 5.97 Å². The van der Waals surface area contributed by atoms with Gasteiger partial charge < -0.3 is 19.3 Å². The van der Waals surface area contributed by atoms with Crippen LogP contribution >= 0.6 is 11.3 Å². The van der Waals surface area contributed by atoms with Crippen LogP contribution in [0.4, 0.5) is 0 Å². The Morgan fingerprint density at radius 1 is 1.39 bits per heavy atom. The number of thiazole rings is 1. The van der Waals surface area contributed by atoms with Crippen LogP contribution in [0.15, 0.2) is 23.7 Å². The number of aromatic carboxylic acids is 1. The molecule has 92 valence electrons. The third-order valence-corrected chi connectivity index (χ3v) is 3.08. The van der Waals surface area contributed by atoms with Crippen LogP contribution in [0.3, 0.4) is 0 Å². The second-order valence-electron chi connectivity index (χ2n) is 3.41. The zero-order chi connectivity index (χ0) is 12.5. The lowest BCUT2D eigenvalue weighted by Crippen LogP contribution is -1.96. The number of ether oxygens (including phenoxy) is 3. The van der Waals surface area contributed by atoms with Gasteiger partial charge in [0.25, 0.3) is 0 Å². The molecule has 0 unspecified atom stereocenters. The minimum Gasteiger partial charge on any atom is -0.477 e. The van der Waals surface area contributed by atoms with Gasteiger partial charge in [0.05, 0.1) is 5.51 Å². The third kappa shape index (κ3) is 1.84. The molecule has 1 aliphatic rings. The number of carbonyl (C=O) groups is 1. The first-order valence-electron chi connectivity index (χ1n) is 4.98. The first-order valence-corrected chi connectivity index (χ1v) is 5.86. The number of hydrogen-bond acceptors (Lipinski definition) is 6. The lowest BCUT2D eigenvalue weighted by molar-refractivity contribution is 0.0699. The molecule has 18 heavy (non-hydrogen) atoms. The fraction of sp³-hybridized carbons (Fsp3) is 0.0909. The molecule has 3 rings (SSSR count). The molecular formula is C11H7NO5S. The maximum Gasteiger partial charge on any atom is 0.351 e. The van der Waals surface area contributed by atoms with Crippen molar-refractivity contribution in [1.82, 2.24) is 4.98 Å². The summed E-state index contributed by atoms with van der Waals surface area (Å²) in [6.07, 6.45) is 0. The Labute approximate surface area is 105 Å². The Bertz CT molecular complexity index is 609. The predicted octanol–water partition coefficient (Wildman–Crippen LogP) is 2.36. The molecule has 0 aliphatic carbocycles. The van der Waals surface area contributed by atoms with Crippen LogP contribution in [0.2, 0.25) is 0 Å². The quantitative estimate of drug-likeness (QED) is 0.917. The monoisotopic (exact) mass is 265 g/mol. The van der Waals surface area contributed by atoms with E-state index in [1.807, 2.05) is 0 Å². The van der Waals surface area contributed by atoms with Crippen molar-refractivity contribution < 1.29 is 24.1 Å². The fourth-order valence-electron chi connectivity index (χ4n) is 1.50. The van der Waals surface area contributed by atoms with Crippen molar-refractivity contribution in [3.63, 3.8) is 0 Å². The van der Waals surface area contributed by atoms with Crippen LogP contribution in [0.5, 0.6) is 23.1 Å². The van der Waals surface area contributed by atoms with Crippen molar-refractivity contribution >= 4 is 17.3 Å². The maximum absolute atomic E-state index is 10.9. The topological polar surface area (TPSA) is 77.9 Å². The Kier molecular flexibility index (Phi) is 2.52. The highest BCUT2D eigenvalue weighted by molar-refractivity contribution is 7.12. The third-order valence-electron chi connectivity index (χ3n) is 2.29. The molecule has 7 heteroatoms. The van der Waals surface area contributed by atoms with Crippen molar-refractivity contribution in [3.8, 4) is 23.1 Å². The van der Waals surface area contributed by atoms with Crippen LogP contribution in [-0.2, 0) is 0 Å². The molecule has 1 aliphatic heterocycles. The van der Waals surface area contributed by atoms with Gasteiger partial charge in [-0.2, -0.15) is 0 Å². The van der Waals surface area contributed by atoms with Gasteiger partial charge in [-0.05, 0) is 12.1 Å². The van der Waals surface area contributed by atoms with Gasteiger partial charge in [-0.15, -0.1) is 11.3 Å². The number of benzene rings is 1. The number of carboxylic acids is 1. The highest BCUT2D eigenvalue weighted by Crippen LogP contribution is 2.37. The summed E-state index contributed by atoms with van der Waals surface area (Å²) in [5.74, 6) is 0.672. The molecule has 0 saturated carbocycles. The number of carboxylic acid groups (broad SMARTS) is 1. The molecule has 2 aromatic rings. The highest BCUT2D eigenvalue weighted by atomic mass is 32.1. The summed E-state index contributed by atoms with van der Waals surface area (Å²) in [4.78, 5) is 14.8. The number of fused-ring (bicyclic) bond motifs is 1. The molecule has 0 atom stereocenters. The summed E-state index contributed by atoms with van der Waals surface area (Å²) >= 11 is 1.01. The fourth-order valence-corrected chi connectivity index (χ4v) is 2.05. The Morgan fingerprint density at radius 2 is 2.22 bits per heavy atom. The van der Waals surface area contributed by atoms with Crippen molar-refractivity contribution in [3.05, 3.63) is 28.6 Å². The molecule has 6 nitrogen and oxygen atoms in total. The molecule has 0 radical (unpaired) electrons. The van der Waals surface area contributed by atoms with E-state index in [0.29, 0.717) is 17.2 Å². The number of hydrogen-bond donors (Lipinski definition) is 1. The summed E-state index contributed by atoms with van der Waals surface area (Å²) in [7, 11) is 0. The Hall–Kier alpha value is -2.28. The van der Waals surface area contributed by atoms with Crippen molar-refractivity contribution in [2.45, 2.75) is 0 Å². The summed E-state index contributed by atoms with van der Waals surface area (Å²) in [6.45, 7) is 0.176. The smallest absolute Gasteiger partial charge is 0.351 e. The average Bonchev–Trinajstić information content (AvgIpc) is 2.96. The maximum atomic E-state index is 10.9. The molecule has 1 aromatic carbocycles. The standard InChI is InChI=1S/C11H7NO5S/c13-11(14)9-10(12-4-18-9)17-6-1-2-7-8(3-6)16-5-15-7/h1-4H,5H2,(H,13,14). The van der Waals surface area contributed by atoms with Crippen LogP contribution in [0.1, 0.15) is 9.67 Å². The van der Waals surface area contributed by atoms with Crippen molar-refractivity contribution in [1.29, 1.82) is 0 Å². The predicted molar refractivity (Wildman–Crippen MR) is 61.7 cm³/mol. The lowest BCUT2D eigenvalue weighted by Gasteiger charge is -2.04. The van der Waals surface area contributed by atoms with Gasteiger partial charge in [0.15, 0.2) is 16.4 Å². The van der Waals surface area contributed by atoms with Gasteiger partial charge in [-0.3, -0.25) is 0 Å². The molecule has 0 amide bonds. The average molecular weight is 265 g/mol. The molecule has 1 N–H and O–H groups in total. The van der Waals surface area contributed by atoms with E-state index >= 15 is 0 Å². The number of aromatic nitrogens is 1. The van der Waals surface area contributed by atoms with E-state index in [-0.39, 0.29) is 17.6 Å². The van der Waals surface area contributed by atoms with Gasteiger partial charge in [-0.1, -0.05) is 0 Å². The molecule has 0 spiro atoms. The largest absolute Gasteiger partial charge is 0.477 e. The number of nitrogens with zero attached hydrogens (tertiary/aromatic N) is 1. The summed E-state index contributed by atoms with van der Waals surface area (Å²) in [5, 5.41) is 8.93. The first kappa shape index (κ1) is 10.8. The van der Waals surface area contributed by atoms with E-state index in [1.165, 1.54) is 5.51 Å². The van der Waals surface area contributed by atoms with Crippen LogP contribution in [0.25, 0.3) is 0 Å².